The standard InChI is InChI=1S/C29H39N3O4/c1-20-16-32(17-23-10-11-23)21(2)19-36-26-13-12-24(30-28(33)14-22-8-6-5-7-9-22)15-25(26)29(34)31(3)18-27(20)35-4/h5-9,12-13,15,20-21,23,27H,10-11,14,16-19H2,1-4H3,(H,30,33)/t20-,21+,27+/m0/s1. The van der Waals surface area contributed by atoms with Crippen LogP contribution in [-0.4, -0.2) is 74.2 Å². The summed E-state index contributed by atoms with van der Waals surface area (Å²) in [5, 5.41) is 2.94. The molecule has 1 saturated carbocycles. The van der Waals surface area contributed by atoms with Crippen LogP contribution in [0.2, 0.25) is 0 Å². The average molecular weight is 494 g/mol. The molecule has 1 aliphatic heterocycles. The summed E-state index contributed by atoms with van der Waals surface area (Å²) in [4.78, 5) is 30.4. The highest BCUT2D eigenvalue weighted by atomic mass is 16.5. The molecule has 0 spiro atoms. The number of hydrogen-bond acceptors (Lipinski definition) is 5. The number of anilines is 1. The zero-order valence-electron chi connectivity index (χ0n) is 21.9. The van der Waals surface area contributed by atoms with E-state index in [2.05, 4.69) is 24.1 Å². The van der Waals surface area contributed by atoms with Crippen molar-refractivity contribution < 1.29 is 19.1 Å². The summed E-state index contributed by atoms with van der Waals surface area (Å²) < 4.78 is 12.1. The molecular weight excluding hydrogens is 454 g/mol. The van der Waals surface area contributed by atoms with Gasteiger partial charge in [0.1, 0.15) is 12.4 Å². The molecule has 1 fully saturated rings. The second-order valence-electron chi connectivity index (χ2n) is 10.4. The normalized spacial score (nSPS) is 23.7. The van der Waals surface area contributed by atoms with Crippen LogP contribution in [-0.2, 0) is 16.0 Å². The minimum atomic E-state index is -0.151. The van der Waals surface area contributed by atoms with Crippen LogP contribution in [0.3, 0.4) is 0 Å². The molecule has 1 aliphatic carbocycles. The van der Waals surface area contributed by atoms with E-state index in [1.54, 1.807) is 37.3 Å². The predicted octanol–water partition coefficient (Wildman–Crippen LogP) is 4.08. The number of benzene rings is 2. The van der Waals surface area contributed by atoms with Crippen LogP contribution in [0, 0.1) is 11.8 Å². The molecule has 2 aliphatic rings. The first kappa shape index (κ1) is 26.2. The number of nitrogens with zero attached hydrogens (tertiary/aromatic N) is 2. The van der Waals surface area contributed by atoms with Crippen LogP contribution < -0.4 is 10.1 Å². The molecule has 7 nitrogen and oxygen atoms in total. The van der Waals surface area contributed by atoms with Gasteiger partial charge in [0.05, 0.1) is 18.1 Å². The monoisotopic (exact) mass is 493 g/mol. The zero-order chi connectivity index (χ0) is 25.7. The molecule has 0 aromatic heterocycles. The first-order valence-corrected chi connectivity index (χ1v) is 13.0. The highest BCUT2D eigenvalue weighted by Gasteiger charge is 2.31. The smallest absolute Gasteiger partial charge is 0.257 e. The molecule has 2 aromatic carbocycles. The Morgan fingerprint density at radius 3 is 2.56 bits per heavy atom. The number of carbonyl (C=O) groups excluding carboxylic acids is 2. The SMILES string of the molecule is CO[C@@H]1CN(C)C(=O)c2cc(NC(=O)Cc3ccccc3)ccc2OC[C@@H](C)N(CC2CC2)C[C@@H]1C. The van der Waals surface area contributed by atoms with Crippen LogP contribution in [0.1, 0.15) is 42.6 Å². The summed E-state index contributed by atoms with van der Waals surface area (Å²) in [6.07, 6.45) is 2.78. The lowest BCUT2D eigenvalue weighted by Crippen LogP contribution is -2.47. The number of amides is 2. The zero-order valence-corrected chi connectivity index (χ0v) is 21.9. The van der Waals surface area contributed by atoms with Crippen molar-refractivity contribution in [2.75, 3.05) is 45.7 Å². The van der Waals surface area contributed by atoms with Crippen molar-refractivity contribution in [3.8, 4) is 5.75 Å². The molecule has 194 valence electrons. The van der Waals surface area contributed by atoms with Crippen LogP contribution >= 0.6 is 0 Å². The third-order valence-electron chi connectivity index (χ3n) is 7.25. The number of nitrogens with one attached hydrogen (secondary N) is 1. The summed E-state index contributed by atoms with van der Waals surface area (Å²) in [6.45, 7) is 7.32. The lowest BCUT2D eigenvalue weighted by molar-refractivity contribution is -0.115. The number of rotatable bonds is 6. The quantitative estimate of drug-likeness (QED) is 0.657. The van der Waals surface area contributed by atoms with Crippen molar-refractivity contribution in [1.29, 1.82) is 0 Å². The van der Waals surface area contributed by atoms with Gasteiger partial charge in [0.15, 0.2) is 0 Å². The third kappa shape index (κ3) is 6.86. The van der Waals surface area contributed by atoms with Gasteiger partial charge in [-0.1, -0.05) is 37.3 Å². The maximum absolute atomic E-state index is 13.5. The number of carbonyl (C=O) groups is 2. The van der Waals surface area contributed by atoms with E-state index >= 15 is 0 Å². The van der Waals surface area contributed by atoms with Crippen LogP contribution in [0.25, 0.3) is 0 Å². The number of ether oxygens (including phenoxy) is 2. The highest BCUT2D eigenvalue weighted by molar-refractivity contribution is 5.99. The molecule has 36 heavy (non-hydrogen) atoms. The van der Waals surface area contributed by atoms with Gasteiger partial charge in [-0.15, -0.1) is 0 Å². The van der Waals surface area contributed by atoms with Gasteiger partial charge in [0, 0.05) is 45.5 Å². The maximum atomic E-state index is 13.5. The highest BCUT2D eigenvalue weighted by Crippen LogP contribution is 2.32. The molecule has 4 rings (SSSR count). The van der Waals surface area contributed by atoms with E-state index in [4.69, 9.17) is 9.47 Å². The molecule has 3 atom stereocenters. The van der Waals surface area contributed by atoms with Gasteiger partial charge in [-0.3, -0.25) is 14.5 Å². The fourth-order valence-electron chi connectivity index (χ4n) is 4.80. The second kappa shape index (κ2) is 11.9. The molecule has 1 N–H and O–H groups in total. The number of methoxy groups -OCH3 is 1. The Bertz CT molecular complexity index is 1040. The largest absolute Gasteiger partial charge is 0.491 e. The van der Waals surface area contributed by atoms with E-state index in [-0.39, 0.29) is 36.3 Å². The second-order valence-corrected chi connectivity index (χ2v) is 10.4. The summed E-state index contributed by atoms with van der Waals surface area (Å²) >= 11 is 0. The first-order valence-electron chi connectivity index (χ1n) is 13.0. The Morgan fingerprint density at radius 2 is 1.86 bits per heavy atom. The van der Waals surface area contributed by atoms with Gasteiger partial charge in [0.2, 0.25) is 5.91 Å². The minimum Gasteiger partial charge on any atom is -0.491 e. The summed E-state index contributed by atoms with van der Waals surface area (Å²) in [5.74, 6) is 1.28. The van der Waals surface area contributed by atoms with Crippen molar-refractivity contribution in [3.63, 3.8) is 0 Å². The lowest BCUT2D eigenvalue weighted by atomic mass is 10.0. The summed E-state index contributed by atoms with van der Waals surface area (Å²) in [7, 11) is 3.51. The molecule has 0 radical (unpaired) electrons. The third-order valence-corrected chi connectivity index (χ3v) is 7.25. The van der Waals surface area contributed by atoms with E-state index in [1.165, 1.54) is 12.8 Å². The topological polar surface area (TPSA) is 71.1 Å². The molecule has 1 heterocycles. The van der Waals surface area contributed by atoms with Crippen LogP contribution in [0.15, 0.2) is 48.5 Å². The Morgan fingerprint density at radius 1 is 1.11 bits per heavy atom. The number of fused-ring (bicyclic) bond motifs is 1. The maximum Gasteiger partial charge on any atom is 0.257 e. The van der Waals surface area contributed by atoms with Crippen LogP contribution in [0.4, 0.5) is 5.69 Å². The minimum absolute atomic E-state index is 0.0783. The average Bonchev–Trinajstić information content (AvgIpc) is 3.69. The van der Waals surface area contributed by atoms with E-state index in [0.29, 0.717) is 30.2 Å². The fourth-order valence-corrected chi connectivity index (χ4v) is 4.80. The summed E-state index contributed by atoms with van der Waals surface area (Å²) in [6, 6.07) is 15.1. The molecular formula is C29H39N3O4. The Kier molecular flexibility index (Phi) is 8.64. The molecule has 0 unspecified atom stereocenters. The van der Waals surface area contributed by atoms with Gasteiger partial charge in [-0.25, -0.2) is 0 Å². The Hall–Kier alpha value is -2.90. The van der Waals surface area contributed by atoms with Crippen LogP contribution in [0.5, 0.6) is 5.75 Å². The first-order chi connectivity index (χ1) is 17.3. The molecule has 7 heteroatoms. The van der Waals surface area contributed by atoms with Gasteiger partial charge in [-0.05, 0) is 55.4 Å². The Labute approximate surface area is 214 Å². The fraction of sp³-hybridized carbons (Fsp3) is 0.517. The lowest BCUT2D eigenvalue weighted by Gasteiger charge is -2.36. The van der Waals surface area contributed by atoms with Crippen molar-refractivity contribution in [1.82, 2.24) is 9.80 Å². The van der Waals surface area contributed by atoms with Crippen molar-refractivity contribution in [2.24, 2.45) is 11.8 Å². The number of likely N-dealkylation sites (N-methyl/N-ethyl adjacent to an activating group) is 1. The van der Waals surface area contributed by atoms with E-state index in [9.17, 15) is 9.59 Å². The van der Waals surface area contributed by atoms with Crippen molar-refractivity contribution in [3.05, 3.63) is 59.7 Å². The predicted molar refractivity (Wildman–Crippen MR) is 141 cm³/mol. The molecule has 2 aromatic rings. The van der Waals surface area contributed by atoms with E-state index < -0.39 is 0 Å². The van der Waals surface area contributed by atoms with Crippen molar-refractivity contribution in [2.45, 2.75) is 45.3 Å². The van der Waals surface area contributed by atoms with E-state index in [0.717, 1.165) is 24.6 Å². The summed E-state index contributed by atoms with van der Waals surface area (Å²) in [5.41, 5.74) is 1.95. The van der Waals surface area contributed by atoms with Gasteiger partial charge < -0.3 is 19.7 Å². The molecule has 2 amide bonds. The Balaban J connectivity index is 1.56. The van der Waals surface area contributed by atoms with E-state index in [1.807, 2.05) is 30.3 Å². The molecule has 0 bridgehead atoms. The van der Waals surface area contributed by atoms with Gasteiger partial charge in [-0.2, -0.15) is 0 Å². The van der Waals surface area contributed by atoms with Crippen molar-refractivity contribution >= 4 is 17.5 Å². The number of hydrogen-bond donors (Lipinski definition) is 1. The van der Waals surface area contributed by atoms with Gasteiger partial charge >= 0.3 is 0 Å². The van der Waals surface area contributed by atoms with Gasteiger partial charge in [0.25, 0.3) is 5.91 Å². The molecule has 0 saturated heterocycles.